The van der Waals surface area contributed by atoms with E-state index in [1.54, 1.807) is 32.0 Å². The number of nitrogen functional groups attached to an aromatic ring is 1. The van der Waals surface area contributed by atoms with Gasteiger partial charge in [0.05, 0.1) is 25.1 Å². The zero-order valence-corrected chi connectivity index (χ0v) is 22.5. The highest BCUT2D eigenvalue weighted by atomic mass is 31.2. The molecule has 3 aromatic rings. The SMILES string of the molecule is CC(C)OC(=O)[C@H](C)N[P@@](=O)(OC[C@H]1O[C@@H](n2cnc3c(=O)[nH]c(N)nc32)[C@H](N=[N+]=[N-])[C@@H]1O)Oc1ccccc1. The fourth-order valence-corrected chi connectivity index (χ4v) is 5.42. The van der Waals surface area contributed by atoms with Crippen molar-refractivity contribution in [1.82, 2.24) is 24.6 Å². The van der Waals surface area contributed by atoms with Gasteiger partial charge in [-0.2, -0.15) is 10.1 Å². The third-order valence-corrected chi connectivity index (χ3v) is 7.33. The number of imidazole rings is 1. The van der Waals surface area contributed by atoms with Crippen molar-refractivity contribution >= 4 is 30.8 Å². The molecule has 1 aliphatic rings. The number of aliphatic hydroxyl groups excluding tert-OH is 1. The minimum atomic E-state index is -4.28. The molecule has 1 aliphatic heterocycles. The average Bonchev–Trinajstić information content (AvgIpc) is 3.44. The van der Waals surface area contributed by atoms with E-state index < -0.39 is 62.5 Å². The molecule has 0 aliphatic carbocycles. The zero-order valence-electron chi connectivity index (χ0n) is 21.6. The number of carbonyl (C=O) groups is 1. The number of aromatic amines is 1. The average molecular weight is 577 g/mol. The van der Waals surface area contributed by atoms with Crippen LogP contribution >= 0.6 is 7.75 Å². The van der Waals surface area contributed by atoms with E-state index in [1.807, 2.05) is 0 Å². The van der Waals surface area contributed by atoms with E-state index in [2.05, 4.69) is 30.1 Å². The van der Waals surface area contributed by atoms with Gasteiger partial charge in [-0.1, -0.05) is 23.3 Å². The monoisotopic (exact) mass is 577 g/mol. The lowest BCUT2D eigenvalue weighted by Crippen LogP contribution is -2.37. The van der Waals surface area contributed by atoms with Gasteiger partial charge in [-0.05, 0) is 38.4 Å². The van der Waals surface area contributed by atoms with E-state index >= 15 is 0 Å². The third kappa shape index (κ3) is 6.42. The largest absolute Gasteiger partial charge is 0.462 e. The van der Waals surface area contributed by atoms with Gasteiger partial charge in [-0.15, -0.1) is 0 Å². The topological polar surface area (TPSA) is 242 Å². The van der Waals surface area contributed by atoms with Crippen LogP contribution in [0, 0.1) is 0 Å². The van der Waals surface area contributed by atoms with Crippen LogP contribution < -0.4 is 20.9 Å². The smallest absolute Gasteiger partial charge is 0.459 e. The Kier molecular flexibility index (Phi) is 8.73. The van der Waals surface area contributed by atoms with Gasteiger partial charge in [-0.25, -0.2) is 9.55 Å². The van der Waals surface area contributed by atoms with Crippen LogP contribution in [0.25, 0.3) is 21.6 Å². The number of para-hydroxylation sites is 1. The molecule has 5 N–H and O–H groups in total. The number of H-pyrrole nitrogens is 1. The number of aromatic nitrogens is 4. The second-order valence-electron chi connectivity index (χ2n) is 9.06. The van der Waals surface area contributed by atoms with Crippen molar-refractivity contribution in [2.75, 3.05) is 12.3 Å². The van der Waals surface area contributed by atoms with Crippen LogP contribution in [0.1, 0.15) is 27.0 Å². The minimum absolute atomic E-state index is 0.0235. The number of azide groups is 1. The Bertz CT molecular complexity index is 1510. The summed E-state index contributed by atoms with van der Waals surface area (Å²) in [6, 6.07) is 5.78. The number of carbonyl (C=O) groups excluding carboxylic acids is 1. The highest BCUT2D eigenvalue weighted by Gasteiger charge is 2.46. The predicted molar refractivity (Wildman–Crippen MR) is 140 cm³/mol. The summed E-state index contributed by atoms with van der Waals surface area (Å²) in [6.45, 7) is 4.23. The first-order valence-electron chi connectivity index (χ1n) is 12.1. The van der Waals surface area contributed by atoms with Crippen LogP contribution in [0.3, 0.4) is 0 Å². The van der Waals surface area contributed by atoms with Crippen LogP contribution in [-0.2, 0) is 23.4 Å². The molecule has 1 saturated heterocycles. The standard InChI is InChI=1S/C22H28N9O8P/c1-11(2)37-21(34)12(3)29-40(35,39-13-7-5-4-6-8-13)36-9-14-17(32)15(28-30-24)20(38-14)31-10-25-16-18(31)26-22(23)27-19(16)33/h4-8,10-12,14-15,17,20,32H,9H2,1-3H3,(H,29,35)(H3,23,26,27,33)/t12-,14+,15+,17+,20+,40+/m0/s1. The van der Waals surface area contributed by atoms with E-state index in [-0.39, 0.29) is 22.9 Å². The molecular weight excluding hydrogens is 549 g/mol. The Morgan fingerprint density at radius 1 is 1.38 bits per heavy atom. The number of rotatable bonds is 11. The molecule has 0 saturated carbocycles. The molecule has 0 bridgehead atoms. The van der Waals surface area contributed by atoms with E-state index in [1.165, 1.54) is 30.0 Å². The summed E-state index contributed by atoms with van der Waals surface area (Å²) >= 11 is 0. The van der Waals surface area contributed by atoms with Gasteiger partial charge >= 0.3 is 13.7 Å². The van der Waals surface area contributed by atoms with Gasteiger partial charge in [-0.3, -0.25) is 23.7 Å². The lowest BCUT2D eigenvalue weighted by molar-refractivity contribution is -0.149. The predicted octanol–water partition coefficient (Wildman–Crippen LogP) is 1.77. The molecule has 214 valence electrons. The molecule has 17 nitrogen and oxygen atoms in total. The van der Waals surface area contributed by atoms with Crippen LogP contribution in [0.4, 0.5) is 5.95 Å². The minimum Gasteiger partial charge on any atom is -0.462 e. The summed E-state index contributed by atoms with van der Waals surface area (Å²) in [7, 11) is -4.28. The van der Waals surface area contributed by atoms with Crippen LogP contribution in [-0.4, -0.2) is 67.6 Å². The fourth-order valence-electron chi connectivity index (χ4n) is 3.92. The molecule has 6 atom stereocenters. The number of benzene rings is 1. The van der Waals surface area contributed by atoms with Crippen molar-refractivity contribution in [1.29, 1.82) is 0 Å². The third-order valence-electron chi connectivity index (χ3n) is 5.68. The van der Waals surface area contributed by atoms with Crippen molar-refractivity contribution in [2.24, 2.45) is 5.11 Å². The van der Waals surface area contributed by atoms with Crippen LogP contribution in [0.2, 0.25) is 0 Å². The van der Waals surface area contributed by atoms with Crippen molar-refractivity contribution in [3.05, 3.63) is 57.5 Å². The maximum absolute atomic E-state index is 13.8. The van der Waals surface area contributed by atoms with Crippen molar-refractivity contribution in [3.8, 4) is 5.75 Å². The number of nitrogens with one attached hydrogen (secondary N) is 2. The molecule has 4 rings (SSSR count). The van der Waals surface area contributed by atoms with E-state index in [0.29, 0.717) is 0 Å². The molecule has 2 aromatic heterocycles. The van der Waals surface area contributed by atoms with Crippen molar-refractivity contribution in [3.63, 3.8) is 0 Å². The van der Waals surface area contributed by atoms with E-state index in [9.17, 15) is 19.3 Å². The molecule has 0 spiro atoms. The molecule has 0 radical (unpaired) electrons. The van der Waals surface area contributed by atoms with E-state index in [4.69, 9.17) is 29.8 Å². The number of nitrogens with two attached hydrogens (primary N) is 1. The van der Waals surface area contributed by atoms with Gasteiger partial charge in [0, 0.05) is 4.91 Å². The Labute approximate surface area is 226 Å². The number of hydrogen-bond donors (Lipinski definition) is 4. The molecule has 1 aromatic carbocycles. The molecule has 3 heterocycles. The quantitative estimate of drug-likeness (QED) is 0.0838. The Morgan fingerprint density at radius 2 is 2.10 bits per heavy atom. The number of esters is 1. The summed E-state index contributed by atoms with van der Waals surface area (Å²) in [4.78, 5) is 37.7. The summed E-state index contributed by atoms with van der Waals surface area (Å²) in [5.41, 5.74) is 14.1. The zero-order chi connectivity index (χ0) is 29.0. The van der Waals surface area contributed by atoms with Gasteiger partial charge in [0.25, 0.3) is 5.56 Å². The molecule has 1 fully saturated rings. The van der Waals surface area contributed by atoms with Gasteiger partial charge < -0.3 is 24.8 Å². The number of hydrogen-bond acceptors (Lipinski definition) is 12. The number of ether oxygens (including phenoxy) is 2. The van der Waals surface area contributed by atoms with Crippen molar-refractivity contribution in [2.45, 2.75) is 57.4 Å². The molecule has 18 heteroatoms. The second kappa shape index (κ2) is 12.0. The number of nitrogens with zero attached hydrogens (tertiary/aromatic N) is 6. The first-order chi connectivity index (χ1) is 19.0. The molecular formula is C22H28N9O8P. The normalized spacial score (nSPS) is 22.9. The molecule has 0 unspecified atom stereocenters. The number of aliphatic hydroxyl groups is 1. The number of fused-ring (bicyclic) bond motifs is 1. The first-order valence-corrected chi connectivity index (χ1v) is 13.6. The van der Waals surface area contributed by atoms with Gasteiger partial charge in [0.1, 0.15) is 30.2 Å². The maximum atomic E-state index is 13.8. The van der Waals surface area contributed by atoms with Crippen LogP contribution in [0.5, 0.6) is 5.75 Å². The summed E-state index contributed by atoms with van der Waals surface area (Å²) in [5.74, 6) is -0.697. The van der Waals surface area contributed by atoms with Crippen LogP contribution in [0.15, 0.2) is 46.6 Å². The summed E-state index contributed by atoms with van der Waals surface area (Å²) in [5, 5.41) is 17.1. The van der Waals surface area contributed by atoms with Gasteiger partial charge in [0.15, 0.2) is 11.2 Å². The molecule has 40 heavy (non-hydrogen) atoms. The Morgan fingerprint density at radius 3 is 2.77 bits per heavy atom. The summed E-state index contributed by atoms with van der Waals surface area (Å²) in [6.07, 6.45) is -3.03. The van der Waals surface area contributed by atoms with Crippen molar-refractivity contribution < 1.29 is 33.0 Å². The lowest BCUT2D eigenvalue weighted by Gasteiger charge is -2.25. The second-order valence-corrected chi connectivity index (χ2v) is 10.8. The molecule has 0 amide bonds. The fraction of sp³-hybridized carbons (Fsp3) is 0.455. The first kappa shape index (κ1) is 29.0. The van der Waals surface area contributed by atoms with Gasteiger partial charge in [0.2, 0.25) is 5.95 Å². The maximum Gasteiger partial charge on any atom is 0.459 e. The van der Waals surface area contributed by atoms with E-state index in [0.717, 1.165) is 0 Å². The Hall–Kier alpha value is -3.98. The summed E-state index contributed by atoms with van der Waals surface area (Å²) < 4.78 is 37.3. The lowest BCUT2D eigenvalue weighted by atomic mass is 10.1. The Balaban J connectivity index is 1.58. The highest BCUT2D eigenvalue weighted by molar-refractivity contribution is 7.52. The number of anilines is 1. The highest BCUT2D eigenvalue weighted by Crippen LogP contribution is 2.46.